The van der Waals surface area contributed by atoms with Crippen LogP contribution in [0.2, 0.25) is 0 Å². The molecule has 1 amide bonds. The highest BCUT2D eigenvalue weighted by atomic mass is 16.6. The minimum Gasteiger partial charge on any atom is -0.497 e. The van der Waals surface area contributed by atoms with E-state index in [1.807, 2.05) is 0 Å². The number of pyridine rings is 1. The fourth-order valence-electron chi connectivity index (χ4n) is 3.40. The Morgan fingerprint density at radius 1 is 1.09 bits per heavy atom. The van der Waals surface area contributed by atoms with Crippen LogP contribution in [0, 0.1) is 10.1 Å². The Morgan fingerprint density at radius 3 is 2.34 bits per heavy atom. The number of hydrogen-bond donors (Lipinski definition) is 2. The molecule has 2 aromatic carbocycles. The zero-order valence-corrected chi connectivity index (χ0v) is 18.8. The SMILES string of the molecule is COc1ccc(-c2[nH]n(-c3ccc([N+](=O)[O-])cc3)c(=O)c2/C(C)=N/NC(=O)c2ccncc2)cc1. The minimum atomic E-state index is -0.516. The lowest BCUT2D eigenvalue weighted by Gasteiger charge is -2.05. The lowest BCUT2D eigenvalue weighted by atomic mass is 10.1. The van der Waals surface area contributed by atoms with E-state index >= 15 is 0 Å². The third-order valence-corrected chi connectivity index (χ3v) is 5.22. The lowest BCUT2D eigenvalue weighted by Crippen LogP contribution is -2.23. The van der Waals surface area contributed by atoms with Gasteiger partial charge in [-0.1, -0.05) is 0 Å². The van der Waals surface area contributed by atoms with Crippen molar-refractivity contribution < 1.29 is 14.5 Å². The molecule has 0 saturated heterocycles. The Balaban J connectivity index is 1.78. The minimum absolute atomic E-state index is 0.0967. The summed E-state index contributed by atoms with van der Waals surface area (Å²) in [6.45, 7) is 1.60. The number of H-pyrrole nitrogens is 1. The van der Waals surface area contributed by atoms with Crippen molar-refractivity contribution in [1.29, 1.82) is 0 Å². The van der Waals surface area contributed by atoms with Gasteiger partial charge in [0.2, 0.25) is 0 Å². The number of carbonyl (C=O) groups excluding carboxylic acids is 1. The first-order valence-electron chi connectivity index (χ1n) is 10.4. The van der Waals surface area contributed by atoms with E-state index in [1.54, 1.807) is 50.4 Å². The number of nitrogens with zero attached hydrogens (tertiary/aromatic N) is 4. The molecular weight excluding hydrogens is 452 g/mol. The summed E-state index contributed by atoms with van der Waals surface area (Å²) in [5.74, 6) is 0.187. The Hall–Kier alpha value is -5.06. The molecule has 0 spiro atoms. The number of nitro benzene ring substituents is 1. The molecule has 4 aromatic rings. The van der Waals surface area contributed by atoms with Crippen LogP contribution in [-0.2, 0) is 0 Å². The van der Waals surface area contributed by atoms with Crippen LogP contribution in [0.4, 0.5) is 5.69 Å². The van der Waals surface area contributed by atoms with Gasteiger partial charge in [-0.25, -0.2) is 10.1 Å². The molecule has 0 unspecified atom stereocenters. The Labute approximate surface area is 198 Å². The summed E-state index contributed by atoms with van der Waals surface area (Å²) in [5.41, 5.74) is 4.30. The monoisotopic (exact) mass is 472 g/mol. The molecule has 0 aliphatic heterocycles. The van der Waals surface area contributed by atoms with Crippen molar-refractivity contribution in [2.24, 2.45) is 5.10 Å². The standard InChI is InChI=1S/C24H20N6O5/c1-15(26-27-23(31)17-11-13-25-14-12-17)21-22(16-3-9-20(35-2)10-4-16)28-29(24(21)32)18-5-7-19(8-6-18)30(33)34/h3-14,28H,1-2H3,(H,27,31)/b26-15+. The molecule has 4 rings (SSSR count). The number of amides is 1. The van der Waals surface area contributed by atoms with Crippen LogP contribution in [0.3, 0.4) is 0 Å². The maximum atomic E-state index is 13.4. The van der Waals surface area contributed by atoms with Crippen molar-refractivity contribution in [1.82, 2.24) is 20.2 Å². The van der Waals surface area contributed by atoms with Gasteiger partial charge in [0, 0.05) is 35.7 Å². The molecule has 0 fully saturated rings. The van der Waals surface area contributed by atoms with Gasteiger partial charge in [0.1, 0.15) is 5.75 Å². The normalized spacial score (nSPS) is 11.2. The third kappa shape index (κ3) is 4.83. The van der Waals surface area contributed by atoms with Gasteiger partial charge in [-0.15, -0.1) is 0 Å². The molecule has 0 bridgehead atoms. The van der Waals surface area contributed by atoms with E-state index in [0.717, 1.165) is 0 Å². The molecule has 176 valence electrons. The Bertz CT molecular complexity index is 1460. The van der Waals surface area contributed by atoms with Gasteiger partial charge in [0.05, 0.1) is 34.7 Å². The van der Waals surface area contributed by atoms with Gasteiger partial charge < -0.3 is 4.74 Å². The van der Waals surface area contributed by atoms with Crippen LogP contribution < -0.4 is 15.7 Å². The predicted molar refractivity (Wildman–Crippen MR) is 129 cm³/mol. The highest BCUT2D eigenvalue weighted by Gasteiger charge is 2.20. The van der Waals surface area contributed by atoms with Gasteiger partial charge >= 0.3 is 0 Å². The summed E-state index contributed by atoms with van der Waals surface area (Å²) < 4.78 is 6.48. The van der Waals surface area contributed by atoms with Crippen LogP contribution >= 0.6 is 0 Å². The van der Waals surface area contributed by atoms with E-state index in [0.29, 0.717) is 28.3 Å². The van der Waals surface area contributed by atoms with Crippen LogP contribution in [0.5, 0.6) is 5.75 Å². The van der Waals surface area contributed by atoms with Gasteiger partial charge in [-0.2, -0.15) is 5.10 Å². The van der Waals surface area contributed by atoms with Gasteiger partial charge in [0.25, 0.3) is 17.2 Å². The van der Waals surface area contributed by atoms with Crippen LogP contribution in [-0.4, -0.2) is 38.4 Å². The number of hydrogen-bond acceptors (Lipinski definition) is 7. The molecule has 0 aliphatic carbocycles. The van der Waals surface area contributed by atoms with Gasteiger partial charge in [-0.3, -0.25) is 29.8 Å². The van der Waals surface area contributed by atoms with Crippen molar-refractivity contribution in [3.63, 3.8) is 0 Å². The molecule has 0 atom stereocenters. The first-order chi connectivity index (χ1) is 16.9. The van der Waals surface area contributed by atoms with Crippen molar-refractivity contribution >= 4 is 17.3 Å². The largest absolute Gasteiger partial charge is 0.497 e. The van der Waals surface area contributed by atoms with Crippen molar-refractivity contribution in [2.45, 2.75) is 6.92 Å². The summed E-state index contributed by atoms with van der Waals surface area (Å²) >= 11 is 0. The number of methoxy groups -OCH3 is 1. The molecule has 11 heteroatoms. The molecule has 35 heavy (non-hydrogen) atoms. The first-order valence-corrected chi connectivity index (χ1v) is 10.4. The average Bonchev–Trinajstić information content (AvgIpc) is 3.24. The lowest BCUT2D eigenvalue weighted by molar-refractivity contribution is -0.384. The van der Waals surface area contributed by atoms with Gasteiger partial charge in [-0.05, 0) is 55.5 Å². The fraction of sp³-hybridized carbons (Fsp3) is 0.0833. The van der Waals surface area contributed by atoms with E-state index in [2.05, 4.69) is 20.6 Å². The quantitative estimate of drug-likeness (QED) is 0.240. The van der Waals surface area contributed by atoms with E-state index in [9.17, 15) is 19.7 Å². The van der Waals surface area contributed by atoms with Crippen molar-refractivity contribution in [3.05, 3.63) is 105 Å². The van der Waals surface area contributed by atoms with E-state index in [-0.39, 0.29) is 17.0 Å². The number of ether oxygens (including phenoxy) is 1. The number of rotatable bonds is 7. The molecule has 11 nitrogen and oxygen atoms in total. The molecule has 0 radical (unpaired) electrons. The summed E-state index contributed by atoms with van der Waals surface area (Å²) in [4.78, 5) is 40.2. The highest BCUT2D eigenvalue weighted by Crippen LogP contribution is 2.24. The topological polar surface area (TPSA) is 145 Å². The molecule has 2 heterocycles. The fourth-order valence-corrected chi connectivity index (χ4v) is 3.40. The van der Waals surface area contributed by atoms with Crippen molar-refractivity contribution in [2.75, 3.05) is 7.11 Å². The molecule has 0 aliphatic rings. The highest BCUT2D eigenvalue weighted by molar-refractivity contribution is 6.04. The second-order valence-corrected chi connectivity index (χ2v) is 7.38. The molecule has 2 aromatic heterocycles. The van der Waals surface area contributed by atoms with Crippen LogP contribution in [0.25, 0.3) is 16.9 Å². The summed E-state index contributed by atoms with van der Waals surface area (Å²) in [5, 5.41) is 18.2. The number of non-ortho nitro benzene ring substituents is 1. The average molecular weight is 472 g/mol. The Kier molecular flexibility index (Phi) is 6.49. The first kappa shape index (κ1) is 23.1. The number of aromatic nitrogens is 3. The zero-order valence-electron chi connectivity index (χ0n) is 18.8. The summed E-state index contributed by atoms with van der Waals surface area (Å²) in [6.07, 6.45) is 2.98. The van der Waals surface area contributed by atoms with E-state index in [1.165, 1.54) is 41.3 Å². The maximum Gasteiger partial charge on any atom is 0.281 e. The predicted octanol–water partition coefficient (Wildman–Crippen LogP) is 3.30. The van der Waals surface area contributed by atoms with Crippen molar-refractivity contribution in [3.8, 4) is 22.7 Å². The second kappa shape index (κ2) is 9.83. The number of hydrazone groups is 1. The molecular formula is C24H20N6O5. The maximum absolute atomic E-state index is 13.4. The number of nitrogens with one attached hydrogen (secondary N) is 2. The summed E-state index contributed by atoms with van der Waals surface area (Å²) in [6, 6.07) is 15.7. The van der Waals surface area contributed by atoms with Crippen LogP contribution in [0.15, 0.2) is 83.0 Å². The Morgan fingerprint density at radius 2 is 1.74 bits per heavy atom. The smallest absolute Gasteiger partial charge is 0.281 e. The molecule has 2 N–H and O–H groups in total. The van der Waals surface area contributed by atoms with E-state index < -0.39 is 16.4 Å². The number of nitro groups is 1. The summed E-state index contributed by atoms with van der Waals surface area (Å²) in [7, 11) is 1.55. The zero-order chi connectivity index (χ0) is 24.9. The molecule has 0 saturated carbocycles. The number of carbonyl (C=O) groups is 1. The second-order valence-electron chi connectivity index (χ2n) is 7.38. The van der Waals surface area contributed by atoms with Gasteiger partial charge in [0.15, 0.2) is 0 Å². The van der Waals surface area contributed by atoms with Crippen LogP contribution in [0.1, 0.15) is 22.8 Å². The number of aromatic amines is 1. The van der Waals surface area contributed by atoms with E-state index in [4.69, 9.17) is 4.74 Å². The number of benzene rings is 2. The third-order valence-electron chi connectivity index (χ3n) is 5.22.